The average Bonchev–Trinajstić information content (AvgIpc) is 2.99. The van der Waals surface area contributed by atoms with Gasteiger partial charge in [-0.2, -0.15) is 15.4 Å². The van der Waals surface area contributed by atoms with Gasteiger partial charge in [0.15, 0.2) is 0 Å². The Hall–Kier alpha value is -1.18. The van der Waals surface area contributed by atoms with Crippen molar-refractivity contribution < 1.29 is 5.11 Å². The minimum Gasteiger partial charge on any atom is -0.381 e. The molecule has 0 amide bonds. The Morgan fingerprint density at radius 2 is 2.32 bits per heavy atom. The van der Waals surface area contributed by atoms with E-state index in [9.17, 15) is 5.11 Å². The number of anilines is 1. The zero-order valence-corrected chi connectivity index (χ0v) is 12.2. The first-order chi connectivity index (χ1) is 9.08. The normalized spacial score (nSPS) is 23.0. The van der Waals surface area contributed by atoms with Crippen LogP contribution in [-0.4, -0.2) is 38.6 Å². The smallest absolute Gasteiger partial charge is 0.143 e. The summed E-state index contributed by atoms with van der Waals surface area (Å²) in [4.78, 5) is 6.29. The molecule has 8 heteroatoms. The van der Waals surface area contributed by atoms with Crippen molar-refractivity contribution in [3.63, 3.8) is 0 Å². The van der Waals surface area contributed by atoms with Crippen molar-refractivity contribution >= 4 is 33.3 Å². The number of hydrogen-bond donors (Lipinski definition) is 2. The van der Waals surface area contributed by atoms with Crippen LogP contribution in [0, 0.1) is 0 Å². The first-order valence-electron chi connectivity index (χ1n) is 5.73. The predicted molar refractivity (Wildman–Crippen MR) is 74.1 cm³/mol. The molecular formula is C11H11BrClN5O. The number of aromatic amines is 1. The van der Waals surface area contributed by atoms with Gasteiger partial charge in [0, 0.05) is 19.2 Å². The minimum absolute atomic E-state index is 0.423. The summed E-state index contributed by atoms with van der Waals surface area (Å²) in [7, 11) is 0. The number of hydrogen-bond acceptors (Lipinski definition) is 5. The third kappa shape index (κ3) is 2.33. The van der Waals surface area contributed by atoms with Crippen LogP contribution in [0.5, 0.6) is 0 Å². The maximum atomic E-state index is 10.6. The van der Waals surface area contributed by atoms with Crippen LogP contribution < -0.4 is 4.90 Å². The third-order valence-corrected chi connectivity index (χ3v) is 4.02. The fourth-order valence-electron chi connectivity index (χ4n) is 2.25. The van der Waals surface area contributed by atoms with E-state index in [0.29, 0.717) is 30.2 Å². The number of nitrogens with zero attached hydrogens (tertiary/aromatic N) is 4. The molecule has 100 valence electrons. The molecule has 0 bridgehead atoms. The van der Waals surface area contributed by atoms with Crippen LogP contribution in [0.1, 0.15) is 12.1 Å². The first-order valence-corrected chi connectivity index (χ1v) is 6.90. The van der Waals surface area contributed by atoms with Gasteiger partial charge in [0.1, 0.15) is 17.1 Å². The highest BCUT2D eigenvalue weighted by molar-refractivity contribution is 9.10. The molecule has 3 heterocycles. The van der Waals surface area contributed by atoms with Gasteiger partial charge in [-0.05, 0) is 22.0 Å². The van der Waals surface area contributed by atoms with E-state index in [0.717, 1.165) is 10.3 Å². The van der Waals surface area contributed by atoms with Crippen molar-refractivity contribution in [3.05, 3.63) is 33.6 Å². The molecule has 0 aromatic carbocycles. The zero-order valence-electron chi connectivity index (χ0n) is 9.85. The lowest BCUT2D eigenvalue weighted by molar-refractivity contribution is 0.0559. The van der Waals surface area contributed by atoms with E-state index >= 15 is 0 Å². The summed E-state index contributed by atoms with van der Waals surface area (Å²) in [6, 6.07) is 1.79. The summed E-state index contributed by atoms with van der Waals surface area (Å²) in [6.45, 7) is 1.11. The van der Waals surface area contributed by atoms with Crippen LogP contribution in [0.2, 0.25) is 5.02 Å². The van der Waals surface area contributed by atoms with Crippen LogP contribution in [0.15, 0.2) is 22.9 Å². The van der Waals surface area contributed by atoms with Crippen molar-refractivity contribution in [1.82, 2.24) is 20.4 Å². The van der Waals surface area contributed by atoms with Crippen LogP contribution in [0.3, 0.4) is 0 Å². The van der Waals surface area contributed by atoms with Crippen molar-refractivity contribution in [2.24, 2.45) is 0 Å². The van der Waals surface area contributed by atoms with Crippen molar-refractivity contribution in [2.75, 3.05) is 18.0 Å². The third-order valence-electron chi connectivity index (χ3n) is 3.23. The van der Waals surface area contributed by atoms with Crippen LogP contribution in [0.4, 0.5) is 5.82 Å². The second-order valence-corrected chi connectivity index (χ2v) is 5.81. The number of aliphatic hydroxyl groups is 1. The topological polar surface area (TPSA) is 77.9 Å². The highest BCUT2D eigenvalue weighted by Crippen LogP contribution is 2.35. The molecule has 0 unspecified atom stereocenters. The first kappa shape index (κ1) is 12.8. The van der Waals surface area contributed by atoms with Crippen molar-refractivity contribution in [2.45, 2.75) is 12.0 Å². The molecular weight excluding hydrogens is 334 g/mol. The van der Waals surface area contributed by atoms with Crippen LogP contribution >= 0.6 is 27.5 Å². The Balaban J connectivity index is 1.86. The zero-order chi connectivity index (χ0) is 13.5. The molecule has 0 saturated carbocycles. The van der Waals surface area contributed by atoms with Gasteiger partial charge >= 0.3 is 0 Å². The lowest BCUT2D eigenvalue weighted by atomic mass is 10.0. The molecule has 0 spiro atoms. The van der Waals surface area contributed by atoms with Gasteiger partial charge < -0.3 is 10.0 Å². The van der Waals surface area contributed by atoms with E-state index in [-0.39, 0.29) is 0 Å². The molecule has 2 N–H and O–H groups in total. The average molecular weight is 345 g/mol. The van der Waals surface area contributed by atoms with Gasteiger partial charge in [0.2, 0.25) is 0 Å². The Kier molecular flexibility index (Phi) is 3.20. The number of β-amino-alcohol motifs (C(OH)–C–C–N with tert-alkyl or cyclic N) is 1. The molecule has 3 rings (SSSR count). The van der Waals surface area contributed by atoms with Gasteiger partial charge in [0.25, 0.3) is 0 Å². The van der Waals surface area contributed by atoms with Crippen LogP contribution in [-0.2, 0) is 5.60 Å². The van der Waals surface area contributed by atoms with E-state index in [4.69, 9.17) is 11.6 Å². The fourth-order valence-corrected chi connectivity index (χ4v) is 3.14. The SMILES string of the molecule is O[C@]1(c2cn[nH]n2)CCN(c2ncc(Cl)cc2Br)C1. The minimum atomic E-state index is -0.992. The van der Waals surface area contributed by atoms with Gasteiger partial charge in [0.05, 0.1) is 22.2 Å². The number of H-pyrrole nitrogens is 1. The standard InChI is InChI=1S/C11H11BrClN5O/c12-8-3-7(13)4-14-10(8)18-2-1-11(19,6-18)9-5-15-17-16-9/h3-5,19H,1-2,6H2,(H,15,16,17)/t11-/m1/s1. The number of pyridine rings is 1. The maximum absolute atomic E-state index is 10.6. The predicted octanol–water partition coefficient (Wildman–Crippen LogP) is 1.71. The van der Waals surface area contributed by atoms with Crippen molar-refractivity contribution in [1.29, 1.82) is 0 Å². The number of halogens is 2. The summed E-state index contributed by atoms with van der Waals surface area (Å²) in [5.74, 6) is 0.767. The fraction of sp³-hybridized carbons (Fsp3) is 0.364. The number of nitrogens with one attached hydrogen (secondary N) is 1. The molecule has 2 aromatic rings. The quantitative estimate of drug-likeness (QED) is 0.867. The molecule has 0 radical (unpaired) electrons. The molecule has 1 aliphatic heterocycles. The van der Waals surface area contributed by atoms with Gasteiger partial charge in [-0.1, -0.05) is 11.6 Å². The molecule has 19 heavy (non-hydrogen) atoms. The lowest BCUT2D eigenvalue weighted by Gasteiger charge is -2.22. The lowest BCUT2D eigenvalue weighted by Crippen LogP contribution is -2.31. The van der Waals surface area contributed by atoms with E-state index in [1.807, 2.05) is 4.90 Å². The highest BCUT2D eigenvalue weighted by atomic mass is 79.9. The molecule has 6 nitrogen and oxygen atoms in total. The van der Waals surface area contributed by atoms with Gasteiger partial charge in [-0.3, -0.25) is 0 Å². The Bertz CT molecular complexity index is 593. The summed E-state index contributed by atoms with van der Waals surface area (Å²) in [6.07, 6.45) is 3.72. The van der Waals surface area contributed by atoms with Gasteiger partial charge in [-0.15, -0.1) is 0 Å². The van der Waals surface area contributed by atoms with Crippen molar-refractivity contribution in [3.8, 4) is 0 Å². The molecule has 1 atom stereocenters. The Morgan fingerprint density at radius 3 is 3.00 bits per heavy atom. The second kappa shape index (κ2) is 4.73. The second-order valence-electron chi connectivity index (χ2n) is 4.52. The van der Waals surface area contributed by atoms with E-state index in [1.165, 1.54) is 0 Å². The molecule has 1 aliphatic rings. The summed E-state index contributed by atoms with van der Waals surface area (Å²) in [5.41, 5.74) is -0.437. The number of aromatic nitrogens is 4. The molecule has 1 saturated heterocycles. The molecule has 0 aliphatic carbocycles. The summed E-state index contributed by atoms with van der Waals surface area (Å²) >= 11 is 9.32. The van der Waals surface area contributed by atoms with E-state index in [2.05, 4.69) is 36.3 Å². The highest BCUT2D eigenvalue weighted by Gasteiger charge is 2.40. The summed E-state index contributed by atoms with van der Waals surface area (Å²) < 4.78 is 0.810. The summed E-state index contributed by atoms with van der Waals surface area (Å²) in [5, 5.41) is 21.4. The van der Waals surface area contributed by atoms with E-state index < -0.39 is 5.60 Å². The monoisotopic (exact) mass is 343 g/mol. The van der Waals surface area contributed by atoms with Gasteiger partial charge in [-0.25, -0.2) is 4.98 Å². The Labute approximate surface area is 122 Å². The molecule has 2 aromatic heterocycles. The Morgan fingerprint density at radius 1 is 1.47 bits per heavy atom. The largest absolute Gasteiger partial charge is 0.381 e. The van der Waals surface area contributed by atoms with Crippen LogP contribution in [0.25, 0.3) is 0 Å². The number of rotatable bonds is 2. The maximum Gasteiger partial charge on any atom is 0.143 e. The van der Waals surface area contributed by atoms with E-state index in [1.54, 1.807) is 18.5 Å². The molecule has 1 fully saturated rings.